The molecule has 0 atom stereocenters. The molecule has 1 aromatic heterocycles. The normalized spacial score (nSPS) is 14.0. The summed E-state index contributed by atoms with van der Waals surface area (Å²) in [5.74, 6) is 1.71. The maximum Gasteiger partial charge on any atom is 0.315 e. The standard InChI is InChI=1S/C19H24N4O3/c1-25-17-6-4-15(5-7-17)13-21-19(24)22-14-16-3-2-8-20-18(16)23-9-11-26-12-10-23/h2-8H,9-14H2,1H3,(H2,21,22,24). The number of carbonyl (C=O) groups excluding carboxylic acids is 1. The second kappa shape index (κ2) is 9.05. The van der Waals surface area contributed by atoms with Crippen molar-refractivity contribution in [1.29, 1.82) is 0 Å². The summed E-state index contributed by atoms with van der Waals surface area (Å²) in [7, 11) is 1.63. The Labute approximate surface area is 153 Å². The number of aromatic nitrogens is 1. The van der Waals surface area contributed by atoms with E-state index in [2.05, 4.69) is 20.5 Å². The highest BCUT2D eigenvalue weighted by atomic mass is 16.5. The number of hydrogen-bond donors (Lipinski definition) is 2. The van der Waals surface area contributed by atoms with Crippen LogP contribution in [0.5, 0.6) is 5.75 Å². The van der Waals surface area contributed by atoms with Crippen LogP contribution in [0.2, 0.25) is 0 Å². The third-order valence-corrected chi connectivity index (χ3v) is 4.23. The lowest BCUT2D eigenvalue weighted by Crippen LogP contribution is -2.38. The van der Waals surface area contributed by atoms with Gasteiger partial charge in [0.25, 0.3) is 0 Å². The third kappa shape index (κ3) is 4.86. The van der Waals surface area contributed by atoms with Gasteiger partial charge in [-0.1, -0.05) is 18.2 Å². The van der Waals surface area contributed by atoms with Crippen molar-refractivity contribution in [3.05, 3.63) is 53.7 Å². The number of urea groups is 1. The second-order valence-electron chi connectivity index (χ2n) is 5.97. The summed E-state index contributed by atoms with van der Waals surface area (Å²) in [4.78, 5) is 18.8. The van der Waals surface area contributed by atoms with E-state index >= 15 is 0 Å². The number of hydrogen-bond acceptors (Lipinski definition) is 5. The molecule has 2 amide bonds. The van der Waals surface area contributed by atoms with E-state index in [4.69, 9.17) is 9.47 Å². The van der Waals surface area contributed by atoms with E-state index in [1.54, 1.807) is 13.3 Å². The Balaban J connectivity index is 1.51. The van der Waals surface area contributed by atoms with Crippen LogP contribution in [-0.2, 0) is 17.8 Å². The number of nitrogens with zero attached hydrogens (tertiary/aromatic N) is 2. The van der Waals surface area contributed by atoms with Crippen molar-refractivity contribution in [2.45, 2.75) is 13.1 Å². The van der Waals surface area contributed by atoms with Crippen LogP contribution >= 0.6 is 0 Å². The number of methoxy groups -OCH3 is 1. The van der Waals surface area contributed by atoms with Gasteiger partial charge in [-0.15, -0.1) is 0 Å². The fourth-order valence-corrected chi connectivity index (χ4v) is 2.79. The van der Waals surface area contributed by atoms with Gasteiger partial charge < -0.3 is 25.0 Å². The number of benzene rings is 1. The van der Waals surface area contributed by atoms with Crippen molar-refractivity contribution in [3.8, 4) is 5.75 Å². The van der Waals surface area contributed by atoms with Gasteiger partial charge in [-0.05, 0) is 23.8 Å². The highest BCUT2D eigenvalue weighted by Crippen LogP contribution is 2.18. The minimum atomic E-state index is -0.211. The summed E-state index contributed by atoms with van der Waals surface area (Å²) in [6.07, 6.45) is 1.78. The van der Waals surface area contributed by atoms with Crippen LogP contribution < -0.4 is 20.3 Å². The molecule has 0 spiro atoms. The molecule has 1 aliphatic heterocycles. The molecule has 0 radical (unpaired) electrons. The maximum absolute atomic E-state index is 12.1. The third-order valence-electron chi connectivity index (χ3n) is 4.23. The molecule has 1 saturated heterocycles. The highest BCUT2D eigenvalue weighted by Gasteiger charge is 2.16. The molecule has 1 fully saturated rings. The van der Waals surface area contributed by atoms with E-state index in [9.17, 15) is 4.79 Å². The number of carbonyl (C=O) groups is 1. The van der Waals surface area contributed by atoms with Crippen molar-refractivity contribution >= 4 is 11.8 Å². The molecule has 0 bridgehead atoms. The van der Waals surface area contributed by atoms with Crippen LogP contribution in [0, 0.1) is 0 Å². The first kappa shape index (κ1) is 18.0. The molecule has 7 heteroatoms. The highest BCUT2D eigenvalue weighted by molar-refractivity contribution is 5.74. The molecular weight excluding hydrogens is 332 g/mol. The smallest absolute Gasteiger partial charge is 0.315 e. The van der Waals surface area contributed by atoms with Crippen molar-refractivity contribution in [3.63, 3.8) is 0 Å². The topological polar surface area (TPSA) is 75.7 Å². The number of morpholine rings is 1. The molecule has 3 rings (SSSR count). The van der Waals surface area contributed by atoms with Gasteiger partial charge in [-0.2, -0.15) is 0 Å². The summed E-state index contributed by atoms with van der Waals surface area (Å²) in [6.45, 7) is 3.91. The van der Waals surface area contributed by atoms with Crippen molar-refractivity contribution in [2.24, 2.45) is 0 Å². The molecule has 0 saturated carbocycles. The average Bonchev–Trinajstić information content (AvgIpc) is 2.72. The van der Waals surface area contributed by atoms with E-state index in [1.807, 2.05) is 36.4 Å². The van der Waals surface area contributed by atoms with Crippen LogP contribution in [0.15, 0.2) is 42.6 Å². The Bertz CT molecular complexity index is 715. The molecule has 2 aromatic rings. The first-order chi connectivity index (χ1) is 12.8. The van der Waals surface area contributed by atoms with E-state index < -0.39 is 0 Å². The van der Waals surface area contributed by atoms with Gasteiger partial charge >= 0.3 is 6.03 Å². The van der Waals surface area contributed by atoms with E-state index in [1.165, 1.54) is 0 Å². The quantitative estimate of drug-likeness (QED) is 0.827. The Hall–Kier alpha value is -2.80. The predicted molar refractivity (Wildman–Crippen MR) is 99.3 cm³/mol. The monoisotopic (exact) mass is 356 g/mol. The van der Waals surface area contributed by atoms with Gasteiger partial charge in [0.2, 0.25) is 0 Å². The van der Waals surface area contributed by atoms with Gasteiger partial charge in [-0.3, -0.25) is 0 Å². The van der Waals surface area contributed by atoms with Gasteiger partial charge in [0.1, 0.15) is 11.6 Å². The maximum atomic E-state index is 12.1. The Morgan fingerprint density at radius 3 is 2.62 bits per heavy atom. The lowest BCUT2D eigenvalue weighted by Gasteiger charge is -2.29. The first-order valence-electron chi connectivity index (χ1n) is 8.67. The number of anilines is 1. The van der Waals surface area contributed by atoms with Crippen LogP contribution in [0.4, 0.5) is 10.6 Å². The fraction of sp³-hybridized carbons (Fsp3) is 0.368. The number of amides is 2. The molecule has 26 heavy (non-hydrogen) atoms. The summed E-state index contributed by atoms with van der Waals surface area (Å²) >= 11 is 0. The summed E-state index contributed by atoms with van der Waals surface area (Å²) in [6, 6.07) is 11.3. The lowest BCUT2D eigenvalue weighted by atomic mass is 10.2. The SMILES string of the molecule is COc1ccc(CNC(=O)NCc2cccnc2N2CCOCC2)cc1. The largest absolute Gasteiger partial charge is 0.497 e. The average molecular weight is 356 g/mol. The van der Waals surface area contributed by atoms with Crippen LogP contribution in [-0.4, -0.2) is 44.4 Å². The van der Waals surface area contributed by atoms with Crippen LogP contribution in [0.3, 0.4) is 0 Å². The molecule has 138 valence electrons. The van der Waals surface area contributed by atoms with Crippen LogP contribution in [0.1, 0.15) is 11.1 Å². The van der Waals surface area contributed by atoms with E-state index in [-0.39, 0.29) is 6.03 Å². The van der Waals surface area contributed by atoms with Crippen molar-refractivity contribution in [2.75, 3.05) is 38.3 Å². The summed E-state index contributed by atoms with van der Waals surface area (Å²) < 4.78 is 10.5. The fourth-order valence-electron chi connectivity index (χ4n) is 2.79. The number of rotatable bonds is 6. The molecule has 2 heterocycles. The predicted octanol–water partition coefficient (Wildman–Crippen LogP) is 1.93. The molecule has 1 aromatic carbocycles. The molecule has 2 N–H and O–H groups in total. The van der Waals surface area contributed by atoms with E-state index in [0.29, 0.717) is 26.3 Å². The zero-order valence-electron chi connectivity index (χ0n) is 14.9. The molecular formula is C19H24N4O3. The summed E-state index contributed by atoms with van der Waals surface area (Å²) in [5.41, 5.74) is 2.00. The lowest BCUT2D eigenvalue weighted by molar-refractivity contribution is 0.122. The van der Waals surface area contributed by atoms with Crippen molar-refractivity contribution < 1.29 is 14.3 Å². The van der Waals surface area contributed by atoms with Crippen LogP contribution in [0.25, 0.3) is 0 Å². The van der Waals surface area contributed by atoms with Gasteiger partial charge in [0.05, 0.1) is 20.3 Å². The zero-order chi connectivity index (χ0) is 18.2. The minimum Gasteiger partial charge on any atom is -0.497 e. The van der Waals surface area contributed by atoms with E-state index in [0.717, 1.165) is 35.8 Å². The number of ether oxygens (including phenoxy) is 2. The first-order valence-corrected chi connectivity index (χ1v) is 8.67. The number of nitrogens with one attached hydrogen (secondary N) is 2. The molecule has 0 unspecified atom stereocenters. The Morgan fingerprint density at radius 1 is 1.15 bits per heavy atom. The Morgan fingerprint density at radius 2 is 1.88 bits per heavy atom. The van der Waals surface area contributed by atoms with Gasteiger partial charge in [0, 0.05) is 37.9 Å². The molecule has 1 aliphatic rings. The second-order valence-corrected chi connectivity index (χ2v) is 5.97. The summed E-state index contributed by atoms with van der Waals surface area (Å²) in [5, 5.41) is 5.76. The zero-order valence-corrected chi connectivity index (χ0v) is 14.9. The van der Waals surface area contributed by atoms with Gasteiger partial charge in [0.15, 0.2) is 0 Å². The van der Waals surface area contributed by atoms with Crippen molar-refractivity contribution in [1.82, 2.24) is 15.6 Å². The number of pyridine rings is 1. The Kier molecular flexibility index (Phi) is 6.27. The minimum absolute atomic E-state index is 0.211. The molecule has 7 nitrogen and oxygen atoms in total. The molecule has 0 aliphatic carbocycles. The van der Waals surface area contributed by atoms with Gasteiger partial charge in [-0.25, -0.2) is 9.78 Å².